The first-order valence-corrected chi connectivity index (χ1v) is 12.7. The number of hydrogen-bond acceptors (Lipinski definition) is 7. The molecular weight excluding hydrogens is 474 g/mol. The molecule has 10 heteroatoms. The monoisotopic (exact) mass is 499 g/mol. The Morgan fingerprint density at radius 2 is 1.76 bits per heavy atom. The number of hydrogen-bond donors (Lipinski definition) is 3. The van der Waals surface area contributed by atoms with Gasteiger partial charge in [0.05, 0.1) is 34.9 Å². The zero-order valence-electron chi connectivity index (χ0n) is 18.6. The van der Waals surface area contributed by atoms with E-state index < -0.39 is 17.8 Å². The van der Waals surface area contributed by atoms with Crippen LogP contribution in [0, 0.1) is 11.8 Å². The highest BCUT2D eigenvalue weighted by molar-refractivity contribution is 8.01. The Bertz CT molecular complexity index is 1200. The van der Waals surface area contributed by atoms with Crippen molar-refractivity contribution in [1.82, 2.24) is 4.98 Å². The molecule has 1 aliphatic carbocycles. The number of anilines is 2. The zero-order chi connectivity index (χ0) is 24.1. The first kappa shape index (κ1) is 24.0. The zero-order valence-corrected chi connectivity index (χ0v) is 20.2. The van der Waals surface area contributed by atoms with E-state index in [1.807, 2.05) is 12.1 Å². The number of nitrogens with one attached hydrogen (secondary N) is 2. The van der Waals surface area contributed by atoms with Crippen LogP contribution in [0.1, 0.15) is 25.7 Å². The van der Waals surface area contributed by atoms with Crippen molar-refractivity contribution < 1.29 is 24.2 Å². The molecule has 2 amide bonds. The summed E-state index contributed by atoms with van der Waals surface area (Å²) in [4.78, 5) is 41.1. The average Bonchev–Trinajstić information content (AvgIpc) is 3.25. The highest BCUT2D eigenvalue weighted by Gasteiger charge is 2.35. The van der Waals surface area contributed by atoms with Gasteiger partial charge in [-0.1, -0.05) is 24.6 Å². The minimum absolute atomic E-state index is 0.136. The first-order valence-electron chi connectivity index (χ1n) is 10.9. The number of carboxylic acids is 1. The summed E-state index contributed by atoms with van der Waals surface area (Å²) in [6.45, 7) is 0. The third-order valence-electron chi connectivity index (χ3n) is 5.76. The summed E-state index contributed by atoms with van der Waals surface area (Å²) < 4.78 is 6.75. The smallest absolute Gasteiger partial charge is 0.307 e. The molecule has 1 aliphatic rings. The molecule has 1 fully saturated rings. The fourth-order valence-electron chi connectivity index (χ4n) is 4.02. The third kappa shape index (κ3) is 5.87. The van der Waals surface area contributed by atoms with E-state index in [2.05, 4.69) is 15.6 Å². The van der Waals surface area contributed by atoms with Gasteiger partial charge in [-0.2, -0.15) is 0 Å². The standard InChI is InChI=1S/C24H25N3O5S2/c1-32-16-9-6-14(7-10-16)25-21(28)13-33-24-27-19-11-8-15(12-20(19)34-24)26-22(29)17-4-2-3-5-18(17)23(30)31/h6-12,17-18H,2-5,13H2,1H3,(H,25,28)(H,26,29)(H,30,31)/t17-,18-/m1/s1. The van der Waals surface area contributed by atoms with E-state index in [9.17, 15) is 19.5 Å². The molecule has 1 heterocycles. The highest BCUT2D eigenvalue weighted by atomic mass is 32.2. The molecule has 0 radical (unpaired) electrons. The van der Waals surface area contributed by atoms with Crippen LogP contribution in [0.2, 0.25) is 0 Å². The number of nitrogens with zero attached hydrogens (tertiary/aromatic N) is 1. The second kappa shape index (κ2) is 10.9. The fourth-order valence-corrected chi connectivity index (χ4v) is 5.92. The normalized spacial score (nSPS) is 17.8. The average molecular weight is 500 g/mol. The second-order valence-electron chi connectivity index (χ2n) is 8.05. The van der Waals surface area contributed by atoms with Gasteiger partial charge in [0, 0.05) is 11.4 Å². The first-order chi connectivity index (χ1) is 16.4. The van der Waals surface area contributed by atoms with E-state index in [1.54, 1.807) is 37.4 Å². The minimum Gasteiger partial charge on any atom is -0.497 e. The molecule has 3 aromatic rings. The summed E-state index contributed by atoms with van der Waals surface area (Å²) >= 11 is 2.79. The number of aromatic nitrogens is 1. The fraction of sp³-hybridized carbons (Fsp3) is 0.333. The van der Waals surface area contributed by atoms with E-state index in [1.165, 1.54) is 23.1 Å². The quantitative estimate of drug-likeness (QED) is 0.379. The molecular formula is C24H25N3O5S2. The Morgan fingerprint density at radius 1 is 1.06 bits per heavy atom. The molecule has 2 aromatic carbocycles. The Kier molecular flexibility index (Phi) is 7.69. The van der Waals surface area contributed by atoms with Crippen molar-refractivity contribution in [3.05, 3.63) is 42.5 Å². The predicted octanol–water partition coefficient (Wildman–Crippen LogP) is 4.87. The molecule has 34 heavy (non-hydrogen) atoms. The number of carbonyl (C=O) groups excluding carboxylic acids is 2. The number of rotatable bonds is 8. The largest absolute Gasteiger partial charge is 0.497 e. The number of benzene rings is 2. The molecule has 0 aliphatic heterocycles. The summed E-state index contributed by atoms with van der Waals surface area (Å²) in [6, 6.07) is 12.5. The van der Waals surface area contributed by atoms with Crippen LogP contribution in [0.25, 0.3) is 10.2 Å². The van der Waals surface area contributed by atoms with Gasteiger partial charge in [0.1, 0.15) is 5.75 Å². The van der Waals surface area contributed by atoms with Crippen molar-refractivity contribution in [2.75, 3.05) is 23.5 Å². The molecule has 4 rings (SSSR count). The van der Waals surface area contributed by atoms with Crippen LogP contribution >= 0.6 is 23.1 Å². The van der Waals surface area contributed by atoms with Gasteiger partial charge in [0.15, 0.2) is 4.34 Å². The van der Waals surface area contributed by atoms with Crippen LogP contribution in [-0.4, -0.2) is 40.7 Å². The topological polar surface area (TPSA) is 118 Å². The number of ether oxygens (including phenoxy) is 1. The summed E-state index contributed by atoms with van der Waals surface area (Å²) in [6.07, 6.45) is 2.83. The Morgan fingerprint density at radius 3 is 2.47 bits per heavy atom. The number of aliphatic carboxylic acids is 1. The molecule has 2 atom stereocenters. The van der Waals surface area contributed by atoms with Crippen molar-refractivity contribution in [2.45, 2.75) is 30.0 Å². The maximum atomic E-state index is 12.7. The van der Waals surface area contributed by atoms with Crippen LogP contribution in [0.4, 0.5) is 11.4 Å². The highest BCUT2D eigenvalue weighted by Crippen LogP contribution is 2.33. The number of carbonyl (C=O) groups is 3. The van der Waals surface area contributed by atoms with Gasteiger partial charge in [0.2, 0.25) is 11.8 Å². The SMILES string of the molecule is COc1ccc(NC(=O)CSc2nc3ccc(NC(=O)[C@@H]4CCCC[C@H]4C(=O)O)cc3s2)cc1. The summed E-state index contributed by atoms with van der Waals surface area (Å²) in [5.41, 5.74) is 2.09. The van der Waals surface area contributed by atoms with Crippen LogP contribution in [-0.2, 0) is 14.4 Å². The molecule has 178 valence electrons. The predicted molar refractivity (Wildman–Crippen MR) is 134 cm³/mol. The maximum absolute atomic E-state index is 12.7. The van der Waals surface area contributed by atoms with Crippen LogP contribution in [0.15, 0.2) is 46.8 Å². The maximum Gasteiger partial charge on any atom is 0.307 e. The van der Waals surface area contributed by atoms with Crippen LogP contribution in [0.3, 0.4) is 0 Å². The van der Waals surface area contributed by atoms with Gasteiger partial charge in [-0.05, 0) is 55.3 Å². The Labute approximate surface area is 205 Å². The summed E-state index contributed by atoms with van der Waals surface area (Å²) in [5, 5.41) is 15.2. The number of thioether (sulfide) groups is 1. The lowest BCUT2D eigenvalue weighted by atomic mass is 9.78. The van der Waals surface area contributed by atoms with Gasteiger partial charge in [-0.25, -0.2) is 4.98 Å². The second-order valence-corrected chi connectivity index (χ2v) is 10.3. The molecule has 0 bridgehead atoms. The van der Waals surface area contributed by atoms with E-state index in [4.69, 9.17) is 4.74 Å². The van der Waals surface area contributed by atoms with Crippen LogP contribution < -0.4 is 15.4 Å². The van der Waals surface area contributed by atoms with E-state index in [0.717, 1.165) is 33.1 Å². The Hall–Kier alpha value is -3.11. The number of carboxylic acid groups (broad SMARTS) is 1. The molecule has 0 saturated heterocycles. The lowest BCUT2D eigenvalue weighted by molar-refractivity contribution is -0.147. The molecule has 1 saturated carbocycles. The number of amides is 2. The van der Waals surface area contributed by atoms with Crippen molar-refractivity contribution >= 4 is 62.5 Å². The number of thiazole rings is 1. The van der Waals surface area contributed by atoms with Gasteiger partial charge < -0.3 is 20.5 Å². The molecule has 0 unspecified atom stereocenters. The van der Waals surface area contributed by atoms with Gasteiger partial charge in [0.25, 0.3) is 0 Å². The lowest BCUT2D eigenvalue weighted by Gasteiger charge is -2.27. The van der Waals surface area contributed by atoms with Crippen LogP contribution in [0.5, 0.6) is 5.75 Å². The van der Waals surface area contributed by atoms with Crippen molar-refractivity contribution in [2.24, 2.45) is 11.8 Å². The van der Waals surface area contributed by atoms with Crippen molar-refractivity contribution in [1.29, 1.82) is 0 Å². The molecule has 1 aromatic heterocycles. The van der Waals surface area contributed by atoms with Gasteiger partial charge in [-0.15, -0.1) is 11.3 Å². The van der Waals surface area contributed by atoms with E-state index >= 15 is 0 Å². The third-order valence-corrected chi connectivity index (χ3v) is 7.92. The summed E-state index contributed by atoms with van der Waals surface area (Å²) in [7, 11) is 1.59. The minimum atomic E-state index is -0.907. The Balaban J connectivity index is 1.35. The molecule has 3 N–H and O–H groups in total. The molecule has 8 nitrogen and oxygen atoms in total. The molecule has 0 spiro atoms. The van der Waals surface area contributed by atoms with E-state index in [-0.39, 0.29) is 17.6 Å². The lowest BCUT2D eigenvalue weighted by Crippen LogP contribution is -2.36. The van der Waals surface area contributed by atoms with Crippen molar-refractivity contribution in [3.8, 4) is 5.75 Å². The van der Waals surface area contributed by atoms with E-state index in [0.29, 0.717) is 24.2 Å². The van der Waals surface area contributed by atoms with Gasteiger partial charge >= 0.3 is 5.97 Å². The number of methoxy groups -OCH3 is 1. The van der Waals surface area contributed by atoms with Crippen molar-refractivity contribution in [3.63, 3.8) is 0 Å². The van der Waals surface area contributed by atoms with Gasteiger partial charge in [-0.3, -0.25) is 14.4 Å². The summed E-state index contributed by atoms with van der Waals surface area (Å²) in [5.74, 6) is -1.50. The number of fused-ring (bicyclic) bond motifs is 1.